The minimum absolute atomic E-state index is 0.0750. The van der Waals surface area contributed by atoms with Gasteiger partial charge in [-0.25, -0.2) is 4.98 Å². The maximum Gasteiger partial charge on any atom is 0.242 e. The Morgan fingerprint density at radius 2 is 0.857 bits per heavy atom. The van der Waals surface area contributed by atoms with E-state index < -0.39 is 0 Å². The van der Waals surface area contributed by atoms with Gasteiger partial charge >= 0.3 is 0 Å². The second-order valence-corrected chi connectivity index (χ2v) is 15.1. The molecule has 1 heterocycles. The lowest BCUT2D eigenvalue weighted by atomic mass is 9.34. The minimum Gasteiger partial charge on any atom is -0.294 e. The van der Waals surface area contributed by atoms with E-state index in [0.717, 1.165) is 50.7 Å². The summed E-state index contributed by atoms with van der Waals surface area (Å²) in [5.41, 5.74) is 20.3. The number of hydrogen-bond donors (Lipinski definition) is 0. The van der Waals surface area contributed by atoms with Crippen LogP contribution >= 0.6 is 0 Å². The van der Waals surface area contributed by atoms with Gasteiger partial charge in [-0.1, -0.05) is 177 Å². The quantitative estimate of drug-likeness (QED) is 0.139. The van der Waals surface area contributed by atoms with E-state index in [1.165, 1.54) is 49.8 Å². The zero-order chi connectivity index (χ0) is 38.8. The van der Waals surface area contributed by atoms with Crippen LogP contribution in [-0.4, -0.2) is 16.7 Å². The van der Waals surface area contributed by atoms with E-state index in [1.54, 1.807) is 0 Å². The molecule has 0 unspecified atom stereocenters. The molecule has 1 aromatic heterocycles. The average molecular weight is 724 g/mol. The molecular formula is C52H46BN3. The zero-order valence-electron chi connectivity index (χ0n) is 33.1. The first kappa shape index (κ1) is 36.5. The van der Waals surface area contributed by atoms with Crippen molar-refractivity contribution in [2.75, 3.05) is 4.90 Å². The van der Waals surface area contributed by atoms with E-state index in [4.69, 9.17) is 9.97 Å². The van der Waals surface area contributed by atoms with Gasteiger partial charge in [0.05, 0.1) is 18.1 Å². The maximum atomic E-state index is 5.28. The van der Waals surface area contributed by atoms with Crippen molar-refractivity contribution in [2.24, 2.45) is 0 Å². The molecule has 3 nitrogen and oxygen atoms in total. The first-order chi connectivity index (χ1) is 27.2. The van der Waals surface area contributed by atoms with E-state index >= 15 is 0 Å². The lowest BCUT2D eigenvalue weighted by Crippen LogP contribution is -2.55. The van der Waals surface area contributed by atoms with Crippen LogP contribution in [0.2, 0.25) is 0 Å². The maximum absolute atomic E-state index is 5.28. The molecule has 0 saturated heterocycles. The fraction of sp³-hybridized carbons (Fsp3) is 0.115. The van der Waals surface area contributed by atoms with Crippen molar-refractivity contribution in [1.82, 2.24) is 9.97 Å². The van der Waals surface area contributed by atoms with Crippen LogP contribution in [0.5, 0.6) is 0 Å². The summed E-state index contributed by atoms with van der Waals surface area (Å²) in [6.45, 7) is 13.5. The normalized spacial score (nSPS) is 11.0. The second kappa shape index (κ2) is 15.7. The van der Waals surface area contributed by atoms with Gasteiger partial charge in [-0.05, 0) is 94.1 Å². The topological polar surface area (TPSA) is 29.0 Å². The smallest absolute Gasteiger partial charge is 0.242 e. The highest BCUT2D eigenvalue weighted by Gasteiger charge is 2.29. The first-order valence-electron chi connectivity index (χ1n) is 19.4. The van der Waals surface area contributed by atoms with Crippen molar-refractivity contribution in [3.05, 3.63) is 203 Å². The van der Waals surface area contributed by atoms with Gasteiger partial charge in [-0.2, -0.15) is 0 Å². The monoisotopic (exact) mass is 723 g/mol. The van der Waals surface area contributed by atoms with Gasteiger partial charge in [0, 0.05) is 16.9 Å². The summed E-state index contributed by atoms with van der Waals surface area (Å²) >= 11 is 0. The summed E-state index contributed by atoms with van der Waals surface area (Å²) in [6.07, 6.45) is 3.72. The number of anilines is 3. The predicted molar refractivity (Wildman–Crippen MR) is 239 cm³/mol. The van der Waals surface area contributed by atoms with Crippen molar-refractivity contribution < 1.29 is 0 Å². The van der Waals surface area contributed by atoms with Crippen LogP contribution in [0, 0.1) is 41.5 Å². The van der Waals surface area contributed by atoms with E-state index in [0.29, 0.717) is 0 Å². The number of aryl methyl sites for hydroxylation is 6. The van der Waals surface area contributed by atoms with Crippen molar-refractivity contribution in [3.63, 3.8) is 0 Å². The average Bonchev–Trinajstić information content (AvgIpc) is 3.21. The van der Waals surface area contributed by atoms with Crippen molar-refractivity contribution >= 4 is 40.3 Å². The second-order valence-electron chi connectivity index (χ2n) is 15.1. The molecule has 7 aromatic carbocycles. The van der Waals surface area contributed by atoms with E-state index in [2.05, 4.69) is 186 Å². The molecule has 0 radical (unpaired) electrons. The van der Waals surface area contributed by atoms with E-state index in [-0.39, 0.29) is 6.71 Å². The Kier molecular flexibility index (Phi) is 10.2. The van der Waals surface area contributed by atoms with Gasteiger partial charge in [-0.3, -0.25) is 9.88 Å². The summed E-state index contributed by atoms with van der Waals surface area (Å²) in [5.74, 6) is 0.746. The highest BCUT2D eigenvalue weighted by atomic mass is 15.2. The van der Waals surface area contributed by atoms with Crippen LogP contribution in [0.3, 0.4) is 0 Å². The van der Waals surface area contributed by atoms with E-state index in [9.17, 15) is 0 Å². The molecule has 4 heteroatoms. The molecule has 0 fully saturated rings. The predicted octanol–water partition coefficient (Wildman–Crippen LogP) is 11.3. The third-order valence-electron chi connectivity index (χ3n) is 10.8. The lowest BCUT2D eigenvalue weighted by Gasteiger charge is -2.27. The van der Waals surface area contributed by atoms with Gasteiger partial charge in [-0.15, -0.1) is 0 Å². The molecule has 0 aliphatic heterocycles. The summed E-state index contributed by atoms with van der Waals surface area (Å²) in [4.78, 5) is 12.3. The van der Waals surface area contributed by atoms with Crippen LogP contribution in [-0.2, 0) is 0 Å². The number of rotatable bonds is 9. The van der Waals surface area contributed by atoms with Crippen LogP contribution in [0.25, 0.3) is 33.5 Å². The first-order valence-corrected chi connectivity index (χ1v) is 19.4. The molecule has 8 rings (SSSR count). The Hall–Kier alpha value is -6.52. The molecule has 56 heavy (non-hydrogen) atoms. The fourth-order valence-corrected chi connectivity index (χ4v) is 8.55. The molecular weight excluding hydrogens is 677 g/mol. The van der Waals surface area contributed by atoms with Crippen LogP contribution in [0.4, 0.5) is 17.2 Å². The third kappa shape index (κ3) is 7.43. The Morgan fingerprint density at radius 3 is 1.32 bits per heavy atom. The number of nitrogens with zero attached hydrogens (tertiary/aromatic N) is 3. The Labute approximate surface area is 332 Å². The molecule has 0 aliphatic rings. The van der Waals surface area contributed by atoms with Gasteiger partial charge in [0.2, 0.25) is 6.71 Å². The van der Waals surface area contributed by atoms with Gasteiger partial charge in [0.25, 0.3) is 0 Å². The minimum atomic E-state index is 0.0750. The molecule has 0 aliphatic carbocycles. The third-order valence-corrected chi connectivity index (χ3v) is 10.8. The summed E-state index contributed by atoms with van der Waals surface area (Å²) in [6, 6.07) is 56.8. The number of hydrogen-bond acceptors (Lipinski definition) is 3. The van der Waals surface area contributed by atoms with Crippen LogP contribution < -0.4 is 21.3 Å². The Morgan fingerprint density at radius 1 is 0.411 bits per heavy atom. The lowest BCUT2D eigenvalue weighted by molar-refractivity contribution is 1.13. The fourth-order valence-electron chi connectivity index (χ4n) is 8.55. The molecule has 272 valence electrons. The molecule has 0 atom stereocenters. The number of aromatic nitrogens is 2. The highest BCUT2D eigenvalue weighted by molar-refractivity contribution is 6.96. The van der Waals surface area contributed by atoms with Crippen molar-refractivity contribution in [3.8, 4) is 33.5 Å². The van der Waals surface area contributed by atoms with Gasteiger partial charge < -0.3 is 0 Å². The van der Waals surface area contributed by atoms with E-state index in [1.807, 2.05) is 30.6 Å². The molecule has 8 aromatic rings. The van der Waals surface area contributed by atoms with Gasteiger partial charge in [0.1, 0.15) is 0 Å². The Bertz CT molecular complexity index is 2470. The highest BCUT2D eigenvalue weighted by Crippen LogP contribution is 2.39. The standard InChI is InChI=1S/C52H46BN3/c1-35-26-37(3)51(38(4)27-35)53(52-39(5)28-36(2)29-40(52)6)46-22-24-47(25-23-46)56(50-34-54-33-49(55-50)43-20-14-9-15-21-43)48-31-44(41-16-10-7-11-17-41)30-45(32-48)42-18-12-8-13-19-42/h7-34H,1-6H3. The molecule has 0 spiro atoms. The SMILES string of the molecule is Cc1cc(C)c(B(c2ccc(N(c3cc(-c4ccccc4)cc(-c4ccccc4)c3)c3cncc(-c4ccccc4)n3)cc2)c2c(C)cc(C)cc2C)c(C)c1. The van der Waals surface area contributed by atoms with Crippen molar-refractivity contribution in [1.29, 1.82) is 0 Å². The van der Waals surface area contributed by atoms with Crippen LogP contribution in [0.1, 0.15) is 33.4 Å². The molecule has 0 N–H and O–H groups in total. The summed E-state index contributed by atoms with van der Waals surface area (Å²) in [7, 11) is 0. The summed E-state index contributed by atoms with van der Waals surface area (Å²) in [5, 5.41) is 0. The molecule has 0 bridgehead atoms. The van der Waals surface area contributed by atoms with Crippen LogP contribution in [0.15, 0.2) is 170 Å². The molecule has 0 saturated carbocycles. The number of benzene rings is 7. The summed E-state index contributed by atoms with van der Waals surface area (Å²) < 4.78 is 0. The van der Waals surface area contributed by atoms with Crippen molar-refractivity contribution in [2.45, 2.75) is 41.5 Å². The van der Waals surface area contributed by atoms with Gasteiger partial charge in [0.15, 0.2) is 5.82 Å². The molecule has 0 amide bonds. The zero-order valence-corrected chi connectivity index (χ0v) is 33.1. The Balaban J connectivity index is 1.34. The largest absolute Gasteiger partial charge is 0.294 e.